The van der Waals surface area contributed by atoms with E-state index in [9.17, 15) is 4.79 Å². The van der Waals surface area contributed by atoms with Crippen LogP contribution in [0.3, 0.4) is 0 Å². The van der Waals surface area contributed by atoms with Gasteiger partial charge in [0, 0.05) is 26.1 Å². The zero-order valence-electron chi connectivity index (χ0n) is 12.9. The van der Waals surface area contributed by atoms with Crippen molar-refractivity contribution < 1.29 is 18.8 Å². The van der Waals surface area contributed by atoms with Crippen molar-refractivity contribution in [1.29, 1.82) is 0 Å². The number of rotatable bonds is 6. The van der Waals surface area contributed by atoms with Gasteiger partial charge in [0.15, 0.2) is 5.82 Å². The van der Waals surface area contributed by atoms with Crippen LogP contribution in [0, 0.1) is 5.92 Å². The summed E-state index contributed by atoms with van der Waals surface area (Å²) in [6, 6.07) is 0. The van der Waals surface area contributed by atoms with Crippen molar-refractivity contribution in [2.45, 2.75) is 46.0 Å². The van der Waals surface area contributed by atoms with E-state index < -0.39 is 0 Å². The van der Waals surface area contributed by atoms with Gasteiger partial charge < -0.3 is 18.9 Å². The van der Waals surface area contributed by atoms with E-state index in [0.717, 1.165) is 19.4 Å². The van der Waals surface area contributed by atoms with E-state index in [1.807, 2.05) is 18.7 Å². The Bertz CT molecular complexity index is 461. The van der Waals surface area contributed by atoms with E-state index in [2.05, 4.69) is 10.1 Å². The molecule has 21 heavy (non-hydrogen) atoms. The Morgan fingerprint density at radius 2 is 2.29 bits per heavy atom. The van der Waals surface area contributed by atoms with Gasteiger partial charge in [-0.25, -0.2) is 0 Å². The molecule has 2 heterocycles. The maximum absolute atomic E-state index is 12.0. The molecule has 1 aromatic heterocycles. The second-order valence-corrected chi connectivity index (χ2v) is 5.55. The standard InChI is InChI=1S/C14H23N3O4/c1-10(2)14(18)17-6-4-5-11(7-17)20-8-12-15-13(9-19-3)21-16-12/h10-11H,4-9H2,1-3H3. The molecule has 1 saturated heterocycles. The summed E-state index contributed by atoms with van der Waals surface area (Å²) in [6.07, 6.45) is 1.94. The van der Waals surface area contributed by atoms with E-state index in [0.29, 0.717) is 31.5 Å². The SMILES string of the molecule is COCc1nc(COC2CCCN(C(=O)C(C)C)C2)no1. The lowest BCUT2D eigenvalue weighted by atomic mass is 10.1. The number of ether oxygens (including phenoxy) is 2. The summed E-state index contributed by atoms with van der Waals surface area (Å²) >= 11 is 0. The van der Waals surface area contributed by atoms with Crippen LogP contribution in [0.5, 0.6) is 0 Å². The number of hydrogen-bond acceptors (Lipinski definition) is 6. The zero-order valence-corrected chi connectivity index (χ0v) is 12.9. The van der Waals surface area contributed by atoms with Crippen LogP contribution in [-0.4, -0.2) is 47.3 Å². The molecule has 7 heteroatoms. The summed E-state index contributed by atoms with van der Waals surface area (Å²) in [5, 5.41) is 3.83. The summed E-state index contributed by atoms with van der Waals surface area (Å²) in [5.41, 5.74) is 0. The second kappa shape index (κ2) is 7.51. The van der Waals surface area contributed by atoms with Crippen LogP contribution in [0.15, 0.2) is 4.52 Å². The number of hydrogen-bond donors (Lipinski definition) is 0. The monoisotopic (exact) mass is 297 g/mol. The van der Waals surface area contributed by atoms with Crippen LogP contribution in [0.4, 0.5) is 0 Å². The molecule has 1 amide bonds. The van der Waals surface area contributed by atoms with Gasteiger partial charge in [0.1, 0.15) is 13.2 Å². The highest BCUT2D eigenvalue weighted by Crippen LogP contribution is 2.16. The Kier molecular flexibility index (Phi) is 5.69. The molecular weight excluding hydrogens is 274 g/mol. The minimum Gasteiger partial charge on any atom is -0.375 e. The van der Waals surface area contributed by atoms with Crippen LogP contribution in [0.1, 0.15) is 38.4 Å². The number of aromatic nitrogens is 2. The van der Waals surface area contributed by atoms with Gasteiger partial charge in [-0.2, -0.15) is 4.98 Å². The fourth-order valence-electron chi connectivity index (χ4n) is 2.36. The van der Waals surface area contributed by atoms with Crippen LogP contribution in [-0.2, 0) is 27.5 Å². The highest BCUT2D eigenvalue weighted by Gasteiger charge is 2.25. The summed E-state index contributed by atoms with van der Waals surface area (Å²) in [5.74, 6) is 1.16. The number of amides is 1. The van der Waals surface area contributed by atoms with Gasteiger partial charge in [-0.15, -0.1) is 0 Å². The fourth-order valence-corrected chi connectivity index (χ4v) is 2.36. The predicted molar refractivity (Wildman–Crippen MR) is 74.2 cm³/mol. The normalized spacial score (nSPS) is 19.2. The lowest BCUT2D eigenvalue weighted by Crippen LogP contribution is -2.44. The zero-order chi connectivity index (χ0) is 15.2. The minimum absolute atomic E-state index is 0.0255. The van der Waals surface area contributed by atoms with Gasteiger partial charge in [-0.1, -0.05) is 19.0 Å². The average molecular weight is 297 g/mol. The Morgan fingerprint density at radius 1 is 1.48 bits per heavy atom. The van der Waals surface area contributed by atoms with E-state index in [4.69, 9.17) is 14.0 Å². The van der Waals surface area contributed by atoms with Crippen molar-refractivity contribution in [2.24, 2.45) is 5.92 Å². The quantitative estimate of drug-likeness (QED) is 0.789. The smallest absolute Gasteiger partial charge is 0.252 e. The molecule has 1 aromatic rings. The van der Waals surface area contributed by atoms with Crippen LogP contribution in [0.2, 0.25) is 0 Å². The molecular formula is C14H23N3O4. The molecule has 0 saturated carbocycles. The average Bonchev–Trinajstić information content (AvgIpc) is 2.92. The maximum atomic E-state index is 12.0. The highest BCUT2D eigenvalue weighted by molar-refractivity contribution is 5.78. The first-order chi connectivity index (χ1) is 10.1. The molecule has 1 fully saturated rings. The third-order valence-corrected chi connectivity index (χ3v) is 3.41. The second-order valence-electron chi connectivity index (χ2n) is 5.55. The summed E-state index contributed by atoms with van der Waals surface area (Å²) in [4.78, 5) is 18.0. The van der Waals surface area contributed by atoms with Gasteiger partial charge in [0.2, 0.25) is 5.91 Å². The van der Waals surface area contributed by atoms with Crippen molar-refractivity contribution in [1.82, 2.24) is 15.0 Å². The van der Waals surface area contributed by atoms with E-state index in [1.165, 1.54) is 0 Å². The fraction of sp³-hybridized carbons (Fsp3) is 0.786. The van der Waals surface area contributed by atoms with E-state index >= 15 is 0 Å². The summed E-state index contributed by atoms with van der Waals surface area (Å²) < 4.78 is 15.7. The first kappa shape index (κ1) is 15.9. The Morgan fingerprint density at radius 3 is 3.00 bits per heavy atom. The molecule has 1 aliphatic rings. The molecule has 1 atom stereocenters. The molecule has 0 N–H and O–H groups in total. The van der Waals surface area contributed by atoms with Gasteiger partial charge >= 0.3 is 0 Å². The molecule has 7 nitrogen and oxygen atoms in total. The summed E-state index contributed by atoms with van der Waals surface area (Å²) in [7, 11) is 1.57. The van der Waals surface area contributed by atoms with Crippen LogP contribution < -0.4 is 0 Å². The maximum Gasteiger partial charge on any atom is 0.252 e. The van der Waals surface area contributed by atoms with Gasteiger partial charge in [0.05, 0.1) is 6.10 Å². The highest BCUT2D eigenvalue weighted by atomic mass is 16.5. The van der Waals surface area contributed by atoms with Gasteiger partial charge in [-0.05, 0) is 12.8 Å². The van der Waals surface area contributed by atoms with E-state index in [-0.39, 0.29) is 17.9 Å². The molecule has 1 aliphatic heterocycles. The Balaban J connectivity index is 1.80. The molecule has 0 aliphatic carbocycles. The Labute approximate surface area is 124 Å². The first-order valence-corrected chi connectivity index (χ1v) is 7.31. The number of carbonyl (C=O) groups excluding carboxylic acids is 1. The number of likely N-dealkylation sites (tertiary alicyclic amines) is 1. The largest absolute Gasteiger partial charge is 0.375 e. The third-order valence-electron chi connectivity index (χ3n) is 3.41. The predicted octanol–water partition coefficient (Wildman–Crippen LogP) is 1.38. The van der Waals surface area contributed by atoms with Crippen molar-refractivity contribution in [3.8, 4) is 0 Å². The van der Waals surface area contributed by atoms with Crippen molar-refractivity contribution in [3.63, 3.8) is 0 Å². The topological polar surface area (TPSA) is 77.7 Å². The number of carbonyl (C=O) groups is 1. The van der Waals surface area contributed by atoms with Crippen molar-refractivity contribution >= 4 is 5.91 Å². The van der Waals surface area contributed by atoms with Gasteiger partial charge in [-0.3, -0.25) is 4.79 Å². The summed E-state index contributed by atoms with van der Waals surface area (Å²) in [6.45, 7) is 5.89. The molecule has 2 rings (SSSR count). The number of piperidine rings is 1. The lowest BCUT2D eigenvalue weighted by molar-refractivity contribution is -0.138. The molecule has 0 radical (unpaired) electrons. The third kappa shape index (κ3) is 4.50. The number of methoxy groups -OCH3 is 1. The number of nitrogens with zero attached hydrogens (tertiary/aromatic N) is 3. The molecule has 0 bridgehead atoms. The Hall–Kier alpha value is -1.47. The van der Waals surface area contributed by atoms with Crippen molar-refractivity contribution in [3.05, 3.63) is 11.7 Å². The molecule has 118 valence electrons. The minimum atomic E-state index is 0.0255. The molecule has 0 spiro atoms. The lowest BCUT2D eigenvalue weighted by Gasteiger charge is -2.33. The molecule has 1 unspecified atom stereocenters. The molecule has 0 aromatic carbocycles. The van der Waals surface area contributed by atoms with E-state index in [1.54, 1.807) is 7.11 Å². The van der Waals surface area contributed by atoms with Crippen LogP contribution in [0.25, 0.3) is 0 Å². The van der Waals surface area contributed by atoms with Crippen molar-refractivity contribution in [2.75, 3.05) is 20.2 Å². The first-order valence-electron chi connectivity index (χ1n) is 7.31. The van der Waals surface area contributed by atoms with Crippen LogP contribution >= 0.6 is 0 Å². The van der Waals surface area contributed by atoms with Gasteiger partial charge in [0.25, 0.3) is 5.89 Å².